The number of rotatable bonds is 2. The summed E-state index contributed by atoms with van der Waals surface area (Å²) in [7, 11) is 0. The molecule has 2 N–H and O–H groups in total. The molecule has 2 rings (SSSR count). The van der Waals surface area contributed by atoms with Gasteiger partial charge in [-0.1, -0.05) is 6.07 Å². The first kappa shape index (κ1) is 10.4. The molecule has 2 aromatic rings. The Bertz CT molecular complexity index is 509. The number of carbonyl (C=O) groups is 1. The first-order valence-corrected chi connectivity index (χ1v) is 4.57. The number of benzene rings is 1. The zero-order valence-corrected chi connectivity index (χ0v) is 8.13. The van der Waals surface area contributed by atoms with Gasteiger partial charge in [0.15, 0.2) is 11.6 Å². The third-order valence-corrected chi connectivity index (χ3v) is 2.04. The Morgan fingerprint density at radius 2 is 2.00 bits per heavy atom. The van der Waals surface area contributed by atoms with Crippen LogP contribution in [0.2, 0.25) is 0 Å². The number of H-pyrrole nitrogens is 1. The van der Waals surface area contributed by atoms with Crippen molar-refractivity contribution in [2.24, 2.45) is 0 Å². The molecule has 0 fully saturated rings. The third kappa shape index (κ3) is 1.93. The van der Waals surface area contributed by atoms with Crippen LogP contribution in [0.3, 0.4) is 0 Å². The maximum Gasteiger partial charge on any atom is 0.272 e. The Morgan fingerprint density at radius 3 is 2.69 bits per heavy atom. The molecule has 0 saturated heterocycles. The van der Waals surface area contributed by atoms with Crippen LogP contribution in [0.5, 0.6) is 0 Å². The van der Waals surface area contributed by atoms with E-state index in [2.05, 4.69) is 10.3 Å². The van der Waals surface area contributed by atoms with Crippen LogP contribution >= 0.6 is 0 Å². The zero-order valence-electron chi connectivity index (χ0n) is 8.13. The maximum absolute atomic E-state index is 13.2. The van der Waals surface area contributed by atoms with Gasteiger partial charge in [0.2, 0.25) is 0 Å². The summed E-state index contributed by atoms with van der Waals surface area (Å²) in [5.41, 5.74) is 0.100. The molecule has 5 heteroatoms. The molecule has 0 unspecified atom stereocenters. The van der Waals surface area contributed by atoms with Crippen molar-refractivity contribution in [3.05, 3.63) is 53.9 Å². The molecule has 0 aliphatic heterocycles. The number of nitrogens with one attached hydrogen (secondary N) is 2. The molecule has 0 saturated carbocycles. The molecule has 0 spiro atoms. The van der Waals surface area contributed by atoms with E-state index in [-0.39, 0.29) is 11.4 Å². The summed E-state index contributed by atoms with van der Waals surface area (Å²) in [4.78, 5) is 14.2. The van der Waals surface area contributed by atoms with E-state index in [1.807, 2.05) is 0 Å². The minimum atomic E-state index is -1.07. The van der Waals surface area contributed by atoms with E-state index in [9.17, 15) is 13.6 Å². The van der Waals surface area contributed by atoms with Gasteiger partial charge in [-0.15, -0.1) is 0 Å². The van der Waals surface area contributed by atoms with Gasteiger partial charge in [0.25, 0.3) is 5.91 Å². The molecule has 3 nitrogen and oxygen atoms in total. The van der Waals surface area contributed by atoms with Crippen molar-refractivity contribution in [2.75, 3.05) is 5.32 Å². The third-order valence-electron chi connectivity index (χ3n) is 2.04. The van der Waals surface area contributed by atoms with Gasteiger partial charge in [-0.25, -0.2) is 8.78 Å². The highest BCUT2D eigenvalue weighted by molar-refractivity contribution is 6.02. The molecule has 1 aromatic carbocycles. The normalized spacial score (nSPS) is 10.1. The van der Waals surface area contributed by atoms with Gasteiger partial charge in [0, 0.05) is 6.20 Å². The van der Waals surface area contributed by atoms with E-state index in [0.29, 0.717) is 0 Å². The molecule has 0 aliphatic rings. The number of halogens is 2. The second-order valence-electron chi connectivity index (χ2n) is 3.14. The molecule has 82 valence electrons. The number of aromatic nitrogens is 1. The van der Waals surface area contributed by atoms with E-state index < -0.39 is 17.5 Å². The van der Waals surface area contributed by atoms with Crippen LogP contribution in [0.15, 0.2) is 36.5 Å². The predicted octanol–water partition coefficient (Wildman–Crippen LogP) is 2.55. The van der Waals surface area contributed by atoms with Crippen LogP contribution in [0.25, 0.3) is 0 Å². The summed E-state index contributed by atoms with van der Waals surface area (Å²) in [6.45, 7) is 0. The average molecular weight is 222 g/mol. The van der Waals surface area contributed by atoms with Gasteiger partial charge in [-0.05, 0) is 24.3 Å². The Hall–Kier alpha value is -2.17. The Balaban J connectivity index is 2.22. The van der Waals surface area contributed by atoms with Crippen molar-refractivity contribution in [1.82, 2.24) is 4.98 Å². The van der Waals surface area contributed by atoms with Crippen LogP contribution in [-0.4, -0.2) is 10.9 Å². The first-order valence-electron chi connectivity index (χ1n) is 4.57. The molecule has 1 amide bonds. The monoisotopic (exact) mass is 222 g/mol. The van der Waals surface area contributed by atoms with E-state index in [1.165, 1.54) is 18.2 Å². The Morgan fingerprint density at radius 1 is 1.19 bits per heavy atom. The molecule has 0 radical (unpaired) electrons. The molecule has 0 atom stereocenters. The number of hydrogen-bond donors (Lipinski definition) is 2. The van der Waals surface area contributed by atoms with E-state index in [0.717, 1.165) is 6.07 Å². The minimum absolute atomic E-state index is 0.181. The quantitative estimate of drug-likeness (QED) is 0.805. The van der Waals surface area contributed by atoms with Crippen LogP contribution in [0, 0.1) is 11.6 Å². The van der Waals surface area contributed by atoms with Crippen LogP contribution < -0.4 is 5.32 Å². The van der Waals surface area contributed by atoms with Crippen molar-refractivity contribution in [3.8, 4) is 0 Å². The average Bonchev–Trinajstić information content (AvgIpc) is 2.78. The highest BCUT2D eigenvalue weighted by Crippen LogP contribution is 2.17. The molecule has 0 bridgehead atoms. The summed E-state index contributed by atoms with van der Waals surface area (Å²) in [5.74, 6) is -2.58. The second kappa shape index (κ2) is 4.14. The minimum Gasteiger partial charge on any atom is -0.357 e. The van der Waals surface area contributed by atoms with Crippen molar-refractivity contribution in [3.63, 3.8) is 0 Å². The smallest absolute Gasteiger partial charge is 0.272 e. The van der Waals surface area contributed by atoms with E-state index >= 15 is 0 Å². The maximum atomic E-state index is 13.2. The van der Waals surface area contributed by atoms with Crippen molar-refractivity contribution in [2.45, 2.75) is 0 Å². The lowest BCUT2D eigenvalue weighted by Crippen LogP contribution is -2.13. The fourth-order valence-corrected chi connectivity index (χ4v) is 1.26. The molecule has 1 heterocycles. The van der Waals surface area contributed by atoms with Gasteiger partial charge < -0.3 is 10.3 Å². The highest BCUT2D eigenvalue weighted by Gasteiger charge is 2.12. The van der Waals surface area contributed by atoms with Crippen molar-refractivity contribution >= 4 is 11.6 Å². The van der Waals surface area contributed by atoms with Gasteiger partial charge in [0.05, 0.1) is 5.69 Å². The van der Waals surface area contributed by atoms with Crippen molar-refractivity contribution in [1.29, 1.82) is 0 Å². The second-order valence-corrected chi connectivity index (χ2v) is 3.14. The van der Waals surface area contributed by atoms with Crippen molar-refractivity contribution < 1.29 is 13.6 Å². The van der Waals surface area contributed by atoms with Crippen LogP contribution in [-0.2, 0) is 0 Å². The number of carbonyl (C=O) groups excluding carboxylic acids is 1. The molecular formula is C11H8F2N2O. The fourth-order valence-electron chi connectivity index (χ4n) is 1.26. The van der Waals surface area contributed by atoms with Gasteiger partial charge in [0.1, 0.15) is 5.69 Å². The molecule has 0 aliphatic carbocycles. The van der Waals surface area contributed by atoms with Gasteiger partial charge >= 0.3 is 0 Å². The lowest BCUT2D eigenvalue weighted by atomic mass is 10.3. The number of aromatic amines is 1. The molecule has 1 aromatic heterocycles. The SMILES string of the molecule is O=C(Nc1cccc(F)c1F)c1ccc[nH]1. The summed E-state index contributed by atoms with van der Waals surface area (Å²) >= 11 is 0. The number of hydrogen-bond acceptors (Lipinski definition) is 1. The number of anilines is 1. The topological polar surface area (TPSA) is 44.9 Å². The highest BCUT2D eigenvalue weighted by atomic mass is 19.2. The van der Waals surface area contributed by atoms with Gasteiger partial charge in [-0.3, -0.25) is 4.79 Å². The zero-order chi connectivity index (χ0) is 11.5. The lowest BCUT2D eigenvalue weighted by molar-refractivity contribution is 0.102. The van der Waals surface area contributed by atoms with Crippen LogP contribution in [0.1, 0.15) is 10.5 Å². The summed E-state index contributed by atoms with van der Waals surface area (Å²) in [6, 6.07) is 6.77. The van der Waals surface area contributed by atoms with E-state index in [1.54, 1.807) is 12.3 Å². The largest absolute Gasteiger partial charge is 0.357 e. The van der Waals surface area contributed by atoms with E-state index in [4.69, 9.17) is 0 Å². The standard InChI is InChI=1S/C11H8F2N2O/c12-7-3-1-4-8(10(7)13)15-11(16)9-5-2-6-14-9/h1-6,14H,(H,15,16). The molecular weight excluding hydrogens is 214 g/mol. The Labute approximate surface area is 90.1 Å². The van der Waals surface area contributed by atoms with Crippen LogP contribution in [0.4, 0.5) is 14.5 Å². The van der Waals surface area contributed by atoms with Gasteiger partial charge in [-0.2, -0.15) is 0 Å². The molecule has 16 heavy (non-hydrogen) atoms. The Kier molecular flexibility index (Phi) is 2.68. The summed E-state index contributed by atoms with van der Waals surface area (Å²) in [5, 5.41) is 2.27. The first-order chi connectivity index (χ1) is 7.68. The number of amides is 1. The lowest BCUT2D eigenvalue weighted by Gasteiger charge is -2.05. The predicted molar refractivity (Wildman–Crippen MR) is 55.1 cm³/mol. The summed E-state index contributed by atoms with van der Waals surface area (Å²) in [6.07, 6.45) is 1.57. The summed E-state index contributed by atoms with van der Waals surface area (Å²) < 4.78 is 26.0. The fraction of sp³-hybridized carbons (Fsp3) is 0.